The van der Waals surface area contributed by atoms with E-state index in [1.54, 1.807) is 6.20 Å². The molecular formula is C28H29N3O4. The van der Waals surface area contributed by atoms with E-state index in [1.165, 1.54) is 6.92 Å². The van der Waals surface area contributed by atoms with Gasteiger partial charge in [0.25, 0.3) is 0 Å². The fraction of sp³-hybridized carbons (Fsp3) is 0.357. The zero-order chi connectivity index (χ0) is 24.6. The SMILES string of the molecule is C[C@H](O)C(=O)CCc1ccc(Cc2nccc(-c3ccc(OC4CCOCC4)c(C#N)c3)n2)cc1. The topological polar surface area (TPSA) is 105 Å². The Labute approximate surface area is 205 Å². The molecule has 180 valence electrons. The van der Waals surface area contributed by atoms with Gasteiger partial charge in [-0.2, -0.15) is 5.26 Å². The molecule has 0 radical (unpaired) electrons. The lowest BCUT2D eigenvalue weighted by Crippen LogP contribution is -2.26. The number of carbonyl (C=O) groups excluding carboxylic acids is 1. The first-order valence-electron chi connectivity index (χ1n) is 11.9. The molecule has 2 aromatic carbocycles. The van der Waals surface area contributed by atoms with E-state index in [9.17, 15) is 15.2 Å². The van der Waals surface area contributed by atoms with Crippen molar-refractivity contribution >= 4 is 5.78 Å². The molecule has 1 saturated heterocycles. The van der Waals surface area contributed by atoms with Crippen molar-refractivity contribution < 1.29 is 19.4 Å². The van der Waals surface area contributed by atoms with Crippen molar-refractivity contribution in [2.45, 2.75) is 51.2 Å². The standard InChI is InChI=1S/C28H29N3O4/c1-19(32)26(33)8-6-20-2-4-21(5-3-20)16-28-30-13-10-25(31-28)22-7-9-27(23(17-22)18-29)35-24-11-14-34-15-12-24/h2-5,7,9-10,13,17,19,24,32H,6,8,11-12,14-16H2,1H3/t19-/m0/s1. The molecule has 1 N–H and O–H groups in total. The number of hydrogen-bond donors (Lipinski definition) is 1. The zero-order valence-corrected chi connectivity index (χ0v) is 19.8. The second-order valence-corrected chi connectivity index (χ2v) is 8.75. The van der Waals surface area contributed by atoms with E-state index in [4.69, 9.17) is 14.5 Å². The van der Waals surface area contributed by atoms with Gasteiger partial charge in [0.1, 0.15) is 29.9 Å². The summed E-state index contributed by atoms with van der Waals surface area (Å²) in [6.45, 7) is 2.86. The quantitative estimate of drug-likeness (QED) is 0.502. The molecule has 1 atom stereocenters. The van der Waals surface area contributed by atoms with Crippen LogP contribution in [0.1, 0.15) is 48.7 Å². The number of Topliss-reactive ketones (excluding diaryl/α,β-unsaturated/α-hetero) is 1. The van der Waals surface area contributed by atoms with Gasteiger partial charge in [-0.3, -0.25) is 4.79 Å². The Kier molecular flexibility index (Phi) is 8.19. The second kappa shape index (κ2) is 11.7. The molecule has 0 amide bonds. The van der Waals surface area contributed by atoms with Gasteiger partial charge in [-0.1, -0.05) is 24.3 Å². The molecule has 0 spiro atoms. The van der Waals surface area contributed by atoms with Gasteiger partial charge in [0, 0.05) is 37.4 Å². The molecule has 1 aliphatic rings. The molecule has 7 heteroatoms. The molecule has 4 rings (SSSR count). The normalized spacial score (nSPS) is 14.8. The molecule has 0 bridgehead atoms. The largest absolute Gasteiger partial charge is 0.489 e. The zero-order valence-electron chi connectivity index (χ0n) is 19.8. The van der Waals surface area contributed by atoms with E-state index < -0.39 is 6.10 Å². The van der Waals surface area contributed by atoms with Crippen LogP contribution in [-0.4, -0.2) is 46.3 Å². The van der Waals surface area contributed by atoms with Crippen LogP contribution in [-0.2, 0) is 22.4 Å². The van der Waals surface area contributed by atoms with E-state index in [0.717, 1.165) is 35.2 Å². The highest BCUT2D eigenvalue weighted by molar-refractivity contribution is 5.82. The third-order valence-electron chi connectivity index (χ3n) is 6.07. The van der Waals surface area contributed by atoms with E-state index in [-0.39, 0.29) is 11.9 Å². The molecule has 0 unspecified atom stereocenters. The monoisotopic (exact) mass is 471 g/mol. The summed E-state index contributed by atoms with van der Waals surface area (Å²) in [7, 11) is 0. The molecule has 1 fully saturated rings. The van der Waals surface area contributed by atoms with Crippen LogP contribution in [0, 0.1) is 11.3 Å². The summed E-state index contributed by atoms with van der Waals surface area (Å²) in [6.07, 6.45) is 4.02. The number of nitriles is 1. The molecule has 2 heterocycles. The number of aliphatic hydroxyl groups is 1. The van der Waals surface area contributed by atoms with E-state index >= 15 is 0 Å². The first-order valence-corrected chi connectivity index (χ1v) is 11.9. The van der Waals surface area contributed by atoms with Gasteiger partial charge >= 0.3 is 0 Å². The Bertz CT molecular complexity index is 1200. The minimum absolute atomic E-state index is 0.0671. The highest BCUT2D eigenvalue weighted by atomic mass is 16.5. The predicted octanol–water partition coefficient (Wildman–Crippen LogP) is 4.05. The number of ether oxygens (including phenoxy) is 2. The van der Waals surface area contributed by atoms with Crippen LogP contribution in [0.2, 0.25) is 0 Å². The lowest BCUT2D eigenvalue weighted by atomic mass is 10.0. The van der Waals surface area contributed by atoms with Crippen LogP contribution in [0.5, 0.6) is 5.75 Å². The maximum Gasteiger partial charge on any atom is 0.161 e. The summed E-state index contributed by atoms with van der Waals surface area (Å²) in [5.41, 5.74) is 4.18. The fourth-order valence-electron chi connectivity index (χ4n) is 3.98. The summed E-state index contributed by atoms with van der Waals surface area (Å²) in [6, 6.07) is 17.6. The van der Waals surface area contributed by atoms with Crippen LogP contribution >= 0.6 is 0 Å². The summed E-state index contributed by atoms with van der Waals surface area (Å²) in [5.74, 6) is 1.12. The second-order valence-electron chi connectivity index (χ2n) is 8.75. The number of benzene rings is 2. The van der Waals surface area contributed by atoms with E-state index in [0.29, 0.717) is 49.6 Å². The average Bonchev–Trinajstić information content (AvgIpc) is 2.89. The number of aliphatic hydroxyl groups excluding tert-OH is 1. The lowest BCUT2D eigenvalue weighted by molar-refractivity contribution is -0.126. The molecule has 3 aromatic rings. The Morgan fingerprint density at radius 2 is 1.91 bits per heavy atom. The predicted molar refractivity (Wildman–Crippen MR) is 131 cm³/mol. The third-order valence-corrected chi connectivity index (χ3v) is 6.07. The first-order chi connectivity index (χ1) is 17.0. The maximum atomic E-state index is 11.6. The number of aromatic nitrogens is 2. The Morgan fingerprint density at radius 1 is 1.17 bits per heavy atom. The van der Waals surface area contributed by atoms with Crippen molar-refractivity contribution in [1.82, 2.24) is 9.97 Å². The smallest absolute Gasteiger partial charge is 0.161 e. The Hall–Kier alpha value is -3.60. The minimum atomic E-state index is -0.918. The van der Waals surface area contributed by atoms with Crippen LogP contribution < -0.4 is 4.74 Å². The number of ketones is 1. The molecule has 0 aliphatic carbocycles. The Balaban J connectivity index is 1.43. The number of aryl methyl sites for hydroxylation is 1. The van der Waals surface area contributed by atoms with Gasteiger partial charge < -0.3 is 14.6 Å². The van der Waals surface area contributed by atoms with Gasteiger partial charge in [-0.05, 0) is 48.7 Å². The van der Waals surface area contributed by atoms with Gasteiger partial charge in [-0.15, -0.1) is 0 Å². The molecule has 0 saturated carbocycles. The molecule has 35 heavy (non-hydrogen) atoms. The molecule has 1 aliphatic heterocycles. The van der Waals surface area contributed by atoms with Crippen LogP contribution in [0.3, 0.4) is 0 Å². The van der Waals surface area contributed by atoms with Crippen molar-refractivity contribution in [1.29, 1.82) is 5.26 Å². The van der Waals surface area contributed by atoms with E-state index in [2.05, 4.69) is 11.1 Å². The third kappa shape index (κ3) is 6.72. The van der Waals surface area contributed by atoms with Crippen molar-refractivity contribution in [2.24, 2.45) is 0 Å². The van der Waals surface area contributed by atoms with Crippen molar-refractivity contribution in [3.8, 4) is 23.1 Å². The molecular weight excluding hydrogens is 442 g/mol. The van der Waals surface area contributed by atoms with Crippen LogP contribution in [0.25, 0.3) is 11.3 Å². The van der Waals surface area contributed by atoms with Gasteiger partial charge in [-0.25, -0.2) is 9.97 Å². The van der Waals surface area contributed by atoms with E-state index in [1.807, 2.05) is 48.5 Å². The first kappa shape index (κ1) is 24.5. The van der Waals surface area contributed by atoms with Crippen molar-refractivity contribution in [3.05, 3.63) is 77.2 Å². The fourth-order valence-corrected chi connectivity index (χ4v) is 3.98. The number of hydrogen-bond acceptors (Lipinski definition) is 7. The number of carbonyl (C=O) groups is 1. The van der Waals surface area contributed by atoms with Crippen molar-refractivity contribution in [2.75, 3.05) is 13.2 Å². The van der Waals surface area contributed by atoms with Crippen LogP contribution in [0.15, 0.2) is 54.7 Å². The number of nitrogens with zero attached hydrogens (tertiary/aromatic N) is 3. The molecule has 1 aromatic heterocycles. The average molecular weight is 472 g/mol. The lowest BCUT2D eigenvalue weighted by Gasteiger charge is -2.23. The highest BCUT2D eigenvalue weighted by Gasteiger charge is 2.17. The van der Waals surface area contributed by atoms with Crippen LogP contribution in [0.4, 0.5) is 0 Å². The summed E-state index contributed by atoms with van der Waals surface area (Å²) in [5, 5.41) is 19.0. The maximum absolute atomic E-state index is 11.6. The minimum Gasteiger partial charge on any atom is -0.489 e. The van der Waals surface area contributed by atoms with Crippen molar-refractivity contribution in [3.63, 3.8) is 0 Å². The highest BCUT2D eigenvalue weighted by Crippen LogP contribution is 2.27. The molecule has 7 nitrogen and oxygen atoms in total. The van der Waals surface area contributed by atoms with Gasteiger partial charge in [0.05, 0.1) is 24.5 Å². The summed E-state index contributed by atoms with van der Waals surface area (Å²) in [4.78, 5) is 20.7. The summed E-state index contributed by atoms with van der Waals surface area (Å²) < 4.78 is 11.4. The number of rotatable bonds is 9. The summed E-state index contributed by atoms with van der Waals surface area (Å²) >= 11 is 0. The van der Waals surface area contributed by atoms with Gasteiger partial charge in [0.15, 0.2) is 5.78 Å². The Morgan fingerprint density at radius 3 is 2.63 bits per heavy atom. The van der Waals surface area contributed by atoms with Gasteiger partial charge in [0.2, 0.25) is 0 Å².